The van der Waals surface area contributed by atoms with Crippen molar-refractivity contribution in [3.63, 3.8) is 0 Å². The molecule has 34 heavy (non-hydrogen) atoms. The van der Waals surface area contributed by atoms with Crippen LogP contribution in [0.5, 0.6) is 0 Å². The number of hydrogen-bond acceptors (Lipinski definition) is 4. The molecule has 0 unspecified atom stereocenters. The molecule has 0 radical (unpaired) electrons. The van der Waals surface area contributed by atoms with Crippen molar-refractivity contribution in [3.05, 3.63) is 137 Å². The number of rotatable bonds is 6. The Kier molecular flexibility index (Phi) is 5.78. The summed E-state index contributed by atoms with van der Waals surface area (Å²) in [5, 5.41) is 11.8. The first-order valence-electron chi connectivity index (χ1n) is 10.8. The van der Waals surface area contributed by atoms with Gasteiger partial charge in [-0.25, -0.2) is 4.68 Å². The molecule has 0 aliphatic carbocycles. The summed E-state index contributed by atoms with van der Waals surface area (Å²) in [5.74, 6) is -0.0631. The van der Waals surface area contributed by atoms with Gasteiger partial charge in [-0.05, 0) is 36.4 Å². The molecule has 0 aliphatic heterocycles. The molecule has 0 spiro atoms. The number of para-hydroxylation sites is 1. The lowest BCUT2D eigenvalue weighted by Gasteiger charge is -2.01. The fourth-order valence-corrected chi connectivity index (χ4v) is 3.63. The molecule has 6 heteroatoms. The van der Waals surface area contributed by atoms with Crippen LogP contribution in [-0.2, 0) is 0 Å². The van der Waals surface area contributed by atoms with Gasteiger partial charge in [-0.15, -0.1) is 5.11 Å². The summed E-state index contributed by atoms with van der Waals surface area (Å²) >= 11 is 0. The molecule has 0 saturated carbocycles. The first kappa shape index (κ1) is 21.0. The van der Waals surface area contributed by atoms with Crippen molar-refractivity contribution >= 4 is 17.2 Å². The summed E-state index contributed by atoms with van der Waals surface area (Å²) < 4.78 is 1.46. The van der Waals surface area contributed by atoms with Crippen LogP contribution >= 0.6 is 0 Å². The third-order valence-electron chi connectivity index (χ3n) is 5.37. The van der Waals surface area contributed by atoms with E-state index in [4.69, 9.17) is 0 Å². The Morgan fingerprint density at radius 1 is 0.647 bits per heavy atom. The van der Waals surface area contributed by atoms with Gasteiger partial charge in [0.1, 0.15) is 0 Å². The van der Waals surface area contributed by atoms with Crippen LogP contribution < -0.4 is 5.56 Å². The third-order valence-corrected chi connectivity index (χ3v) is 5.37. The Bertz CT molecular complexity index is 1500. The molecule has 1 aromatic heterocycles. The van der Waals surface area contributed by atoms with Gasteiger partial charge in [0.05, 0.1) is 17.1 Å². The Morgan fingerprint density at radius 3 is 1.85 bits per heavy atom. The number of carbonyl (C=O) groups excluding carboxylic acids is 1. The van der Waals surface area contributed by atoms with Crippen molar-refractivity contribution < 1.29 is 4.79 Å². The highest BCUT2D eigenvalue weighted by molar-refractivity contribution is 6.09. The lowest BCUT2D eigenvalue weighted by atomic mass is 10.0. The molecule has 5 rings (SSSR count). The second-order valence-electron chi connectivity index (χ2n) is 7.62. The number of aromatic amines is 1. The van der Waals surface area contributed by atoms with Crippen LogP contribution in [0, 0.1) is 0 Å². The maximum atomic E-state index is 13.2. The molecule has 1 N–H and O–H groups in total. The molecule has 164 valence electrons. The fourth-order valence-electron chi connectivity index (χ4n) is 3.63. The number of hydrogen-bond donors (Lipinski definition) is 1. The standard InChI is InChI=1S/C28H20N4O2/c33-27(21-12-6-2-7-13-21)22-16-18-23(19-17-22)29-30-26-25(20-10-4-1-5-11-20)31-32(28(26)34)24-14-8-3-9-15-24/h1-19,31H. The van der Waals surface area contributed by atoms with Gasteiger partial charge in [0, 0.05) is 16.7 Å². The van der Waals surface area contributed by atoms with E-state index in [1.807, 2.05) is 78.9 Å². The van der Waals surface area contributed by atoms with Crippen LogP contribution in [0.15, 0.2) is 130 Å². The molecule has 4 aromatic carbocycles. The molecule has 1 heterocycles. The van der Waals surface area contributed by atoms with Gasteiger partial charge in [0.15, 0.2) is 11.5 Å². The second-order valence-corrected chi connectivity index (χ2v) is 7.62. The lowest BCUT2D eigenvalue weighted by Crippen LogP contribution is -2.13. The van der Waals surface area contributed by atoms with E-state index in [1.165, 1.54) is 4.68 Å². The van der Waals surface area contributed by atoms with E-state index in [9.17, 15) is 9.59 Å². The van der Waals surface area contributed by atoms with Gasteiger partial charge in [-0.2, -0.15) is 5.11 Å². The van der Waals surface area contributed by atoms with Gasteiger partial charge >= 0.3 is 0 Å². The van der Waals surface area contributed by atoms with E-state index in [2.05, 4.69) is 15.3 Å². The zero-order valence-corrected chi connectivity index (χ0v) is 18.1. The predicted molar refractivity (Wildman–Crippen MR) is 132 cm³/mol. The first-order chi connectivity index (χ1) is 16.7. The minimum atomic E-state index is -0.301. The van der Waals surface area contributed by atoms with E-state index in [1.54, 1.807) is 36.4 Å². The summed E-state index contributed by atoms with van der Waals surface area (Å²) in [7, 11) is 0. The van der Waals surface area contributed by atoms with Crippen LogP contribution in [-0.4, -0.2) is 15.6 Å². The average molecular weight is 444 g/mol. The smallest absolute Gasteiger partial charge is 0.289 e. The van der Waals surface area contributed by atoms with Gasteiger partial charge in [0.25, 0.3) is 5.56 Å². The van der Waals surface area contributed by atoms with Gasteiger partial charge in [-0.1, -0.05) is 78.9 Å². The summed E-state index contributed by atoms with van der Waals surface area (Å²) in [6, 6.07) is 34.8. The van der Waals surface area contributed by atoms with Crippen LogP contribution in [0.2, 0.25) is 0 Å². The van der Waals surface area contributed by atoms with Crippen molar-refractivity contribution in [1.29, 1.82) is 0 Å². The highest BCUT2D eigenvalue weighted by Gasteiger charge is 2.17. The topological polar surface area (TPSA) is 79.6 Å². The molecular formula is C28H20N4O2. The fraction of sp³-hybridized carbons (Fsp3) is 0. The van der Waals surface area contributed by atoms with Crippen LogP contribution in [0.1, 0.15) is 15.9 Å². The zero-order valence-electron chi connectivity index (χ0n) is 18.1. The first-order valence-corrected chi connectivity index (χ1v) is 10.8. The van der Waals surface area contributed by atoms with Gasteiger partial charge in [0.2, 0.25) is 0 Å². The Labute approximate surface area is 195 Å². The molecule has 0 atom stereocenters. The highest BCUT2D eigenvalue weighted by atomic mass is 16.1. The number of aromatic nitrogens is 2. The summed E-state index contributed by atoms with van der Waals surface area (Å²) in [6.45, 7) is 0. The lowest BCUT2D eigenvalue weighted by molar-refractivity contribution is 0.103. The number of azo groups is 1. The van der Waals surface area contributed by atoms with Crippen molar-refractivity contribution in [2.45, 2.75) is 0 Å². The number of ketones is 1. The largest absolute Gasteiger partial charge is 0.299 e. The molecule has 0 saturated heterocycles. The quantitative estimate of drug-likeness (QED) is 0.240. The van der Waals surface area contributed by atoms with Gasteiger partial charge < -0.3 is 0 Å². The summed E-state index contributed by atoms with van der Waals surface area (Å²) in [5.41, 5.74) is 3.73. The third kappa shape index (κ3) is 4.25. The minimum absolute atomic E-state index is 0.0631. The molecule has 0 amide bonds. The maximum absolute atomic E-state index is 13.2. The molecule has 0 bridgehead atoms. The number of nitrogens with one attached hydrogen (secondary N) is 1. The van der Waals surface area contributed by atoms with Crippen molar-refractivity contribution in [2.75, 3.05) is 0 Å². The average Bonchev–Trinajstić information content (AvgIpc) is 3.25. The molecular weight excluding hydrogens is 424 g/mol. The number of nitrogens with zero attached hydrogens (tertiary/aromatic N) is 3. The Hall–Kier alpha value is -4.84. The monoisotopic (exact) mass is 444 g/mol. The zero-order chi connectivity index (χ0) is 23.3. The van der Waals surface area contributed by atoms with Crippen molar-refractivity contribution in [1.82, 2.24) is 9.78 Å². The normalized spacial score (nSPS) is 11.1. The molecule has 6 nitrogen and oxygen atoms in total. The van der Waals surface area contributed by atoms with E-state index in [0.29, 0.717) is 28.2 Å². The Balaban J connectivity index is 1.49. The number of H-pyrrole nitrogens is 1. The van der Waals surface area contributed by atoms with Crippen LogP contribution in [0.3, 0.4) is 0 Å². The van der Waals surface area contributed by atoms with Crippen LogP contribution in [0.25, 0.3) is 16.9 Å². The van der Waals surface area contributed by atoms with E-state index in [-0.39, 0.29) is 17.0 Å². The van der Waals surface area contributed by atoms with E-state index < -0.39 is 0 Å². The highest BCUT2D eigenvalue weighted by Crippen LogP contribution is 2.28. The molecule has 0 fully saturated rings. The predicted octanol–water partition coefficient (Wildman–Crippen LogP) is 6.48. The SMILES string of the molecule is O=C(c1ccccc1)c1ccc(N=Nc2c(-c3ccccc3)[nH]n(-c3ccccc3)c2=O)cc1. The second kappa shape index (κ2) is 9.34. The minimum Gasteiger partial charge on any atom is -0.289 e. The van der Waals surface area contributed by atoms with Crippen molar-refractivity contribution in [3.8, 4) is 16.9 Å². The molecule has 5 aromatic rings. The van der Waals surface area contributed by atoms with Crippen molar-refractivity contribution in [2.24, 2.45) is 10.2 Å². The van der Waals surface area contributed by atoms with Crippen LogP contribution in [0.4, 0.5) is 11.4 Å². The number of benzene rings is 4. The summed E-state index contributed by atoms with van der Waals surface area (Å²) in [6.07, 6.45) is 0. The van der Waals surface area contributed by atoms with Gasteiger partial charge in [-0.3, -0.25) is 14.7 Å². The summed E-state index contributed by atoms with van der Waals surface area (Å²) in [4.78, 5) is 25.8. The Morgan fingerprint density at radius 2 is 1.21 bits per heavy atom. The van der Waals surface area contributed by atoms with E-state index >= 15 is 0 Å². The van der Waals surface area contributed by atoms with E-state index in [0.717, 1.165) is 5.56 Å². The number of carbonyl (C=O) groups is 1. The maximum Gasteiger partial charge on any atom is 0.299 e. The molecule has 0 aliphatic rings.